The molecule has 0 aliphatic carbocycles. The molecule has 0 rings (SSSR count). The third-order valence-electron chi connectivity index (χ3n) is 4.05. The van der Waals surface area contributed by atoms with Gasteiger partial charge in [0, 0.05) is 26.1 Å². The molecular weight excluding hydrogens is 331 g/mol. The number of nitrogens with zero attached hydrogens (tertiary/aromatic N) is 1. The summed E-state index contributed by atoms with van der Waals surface area (Å²) in [6.07, 6.45) is 11.4. The van der Waals surface area contributed by atoms with Crippen molar-refractivity contribution in [2.24, 2.45) is 0 Å². The summed E-state index contributed by atoms with van der Waals surface area (Å²) in [5.41, 5.74) is 0. The number of carbonyl (C=O) groups is 2. The third kappa shape index (κ3) is 18.4. The van der Waals surface area contributed by atoms with Gasteiger partial charge in [-0.05, 0) is 6.42 Å². The first-order chi connectivity index (χ1) is 11.6. The van der Waals surface area contributed by atoms with Crippen molar-refractivity contribution in [3.05, 3.63) is 0 Å². The molecule has 3 N–H and O–H groups in total. The van der Waals surface area contributed by atoms with Crippen molar-refractivity contribution in [1.82, 2.24) is 10.2 Å². The fourth-order valence-corrected chi connectivity index (χ4v) is 2.64. The first kappa shape index (κ1) is 27.1. The van der Waals surface area contributed by atoms with E-state index in [0.29, 0.717) is 26.1 Å². The van der Waals surface area contributed by atoms with Crippen molar-refractivity contribution in [1.29, 1.82) is 0 Å². The summed E-state index contributed by atoms with van der Waals surface area (Å²) in [4.78, 5) is 24.2. The van der Waals surface area contributed by atoms with Gasteiger partial charge in [0.05, 0.1) is 13.2 Å². The average Bonchev–Trinajstić information content (AvgIpc) is 2.55. The molecule has 0 fully saturated rings. The summed E-state index contributed by atoms with van der Waals surface area (Å²) < 4.78 is 0. The molecule has 0 aromatic carbocycles. The number of aliphatic hydroxyl groups excluding tert-OH is 1. The number of aliphatic hydroxyl groups is 1. The summed E-state index contributed by atoms with van der Waals surface area (Å²) in [6, 6.07) is 0. The fourth-order valence-electron chi connectivity index (χ4n) is 2.64. The van der Waals surface area contributed by atoms with E-state index in [1.54, 1.807) is 4.90 Å². The second-order valence-electron chi connectivity index (χ2n) is 6.25. The molecular formula is C18H37N2NaO4. The summed E-state index contributed by atoms with van der Waals surface area (Å²) in [7, 11) is 0. The quantitative estimate of drug-likeness (QED) is 0.269. The number of amides is 1. The van der Waals surface area contributed by atoms with Gasteiger partial charge in [-0.1, -0.05) is 58.3 Å². The van der Waals surface area contributed by atoms with Crippen molar-refractivity contribution < 1.29 is 19.8 Å². The first-order valence-corrected chi connectivity index (χ1v) is 9.43. The van der Waals surface area contributed by atoms with Crippen LogP contribution < -0.4 is 5.32 Å². The molecule has 6 nitrogen and oxygen atoms in total. The summed E-state index contributed by atoms with van der Waals surface area (Å²) >= 11 is 0. The number of carboxylic acids is 1. The maximum absolute atomic E-state index is 12.1. The van der Waals surface area contributed by atoms with Gasteiger partial charge in [-0.15, -0.1) is 0 Å². The van der Waals surface area contributed by atoms with Gasteiger partial charge in [-0.3, -0.25) is 9.59 Å². The zero-order valence-electron chi connectivity index (χ0n) is 15.3. The number of nitrogens with one attached hydrogen (secondary N) is 1. The molecule has 0 saturated carbocycles. The van der Waals surface area contributed by atoms with Crippen LogP contribution in [0.25, 0.3) is 0 Å². The zero-order chi connectivity index (χ0) is 18.0. The van der Waals surface area contributed by atoms with Gasteiger partial charge in [0.15, 0.2) is 0 Å². The molecule has 0 aromatic heterocycles. The summed E-state index contributed by atoms with van der Waals surface area (Å²) in [5, 5.41) is 20.4. The van der Waals surface area contributed by atoms with Crippen molar-refractivity contribution >= 4 is 41.4 Å². The predicted molar refractivity (Wildman–Crippen MR) is 103 cm³/mol. The predicted octanol–water partition coefficient (Wildman–Crippen LogP) is 1.75. The number of hydrogen-bond acceptors (Lipinski definition) is 4. The minimum atomic E-state index is -0.912. The number of hydrogen-bond donors (Lipinski definition) is 3. The van der Waals surface area contributed by atoms with Crippen molar-refractivity contribution in [3.8, 4) is 0 Å². The van der Waals surface area contributed by atoms with Crippen LogP contribution in [0.4, 0.5) is 0 Å². The molecule has 0 heterocycles. The van der Waals surface area contributed by atoms with E-state index in [2.05, 4.69) is 12.2 Å². The van der Waals surface area contributed by atoms with Crippen LogP contribution in [0.2, 0.25) is 0 Å². The maximum atomic E-state index is 12.1. The van der Waals surface area contributed by atoms with Crippen LogP contribution in [0.15, 0.2) is 0 Å². The van der Waals surface area contributed by atoms with Gasteiger partial charge in [-0.25, -0.2) is 0 Å². The number of rotatable bonds is 17. The van der Waals surface area contributed by atoms with Crippen LogP contribution in [-0.2, 0) is 9.59 Å². The van der Waals surface area contributed by atoms with Gasteiger partial charge in [-0.2, -0.15) is 0 Å². The number of unbranched alkanes of at least 4 members (excludes halogenated alkanes) is 8. The fraction of sp³-hybridized carbons (Fsp3) is 0.889. The normalized spacial score (nSPS) is 10.3. The topological polar surface area (TPSA) is 89.9 Å². The standard InChI is InChI=1S/C18H36N2O4.Na.H/c1-2-3-4-5-6-7-8-9-10-11-17(22)20(14-15-21)13-12-19-16-18(23)24;;/h19,21H,2-16H2,1H3,(H,23,24);;. The van der Waals surface area contributed by atoms with Gasteiger partial charge >= 0.3 is 35.5 Å². The van der Waals surface area contributed by atoms with Crippen LogP contribution in [-0.4, -0.2) is 89.3 Å². The van der Waals surface area contributed by atoms with Gasteiger partial charge in [0.1, 0.15) is 0 Å². The molecule has 25 heavy (non-hydrogen) atoms. The molecule has 7 heteroatoms. The van der Waals surface area contributed by atoms with E-state index in [-0.39, 0.29) is 48.6 Å². The third-order valence-corrected chi connectivity index (χ3v) is 4.05. The van der Waals surface area contributed by atoms with Gasteiger partial charge < -0.3 is 20.4 Å². The van der Waals surface area contributed by atoms with E-state index in [1.165, 1.54) is 44.9 Å². The molecule has 0 aliphatic heterocycles. The molecule has 1 amide bonds. The Morgan fingerprint density at radius 3 is 2.00 bits per heavy atom. The Morgan fingerprint density at radius 1 is 0.920 bits per heavy atom. The Kier molecular flexibility index (Phi) is 21.9. The molecule has 0 aromatic rings. The molecule has 0 bridgehead atoms. The molecule has 0 atom stereocenters. The van der Waals surface area contributed by atoms with E-state index >= 15 is 0 Å². The molecule has 0 unspecified atom stereocenters. The van der Waals surface area contributed by atoms with Crippen LogP contribution in [0, 0.1) is 0 Å². The second kappa shape index (κ2) is 20.2. The number of aliphatic carboxylic acids is 1. The Morgan fingerprint density at radius 2 is 1.48 bits per heavy atom. The van der Waals surface area contributed by atoms with Crippen LogP contribution in [0.3, 0.4) is 0 Å². The Hall–Kier alpha value is -0.140. The Labute approximate surface area is 175 Å². The van der Waals surface area contributed by atoms with E-state index in [9.17, 15) is 9.59 Å². The van der Waals surface area contributed by atoms with Crippen molar-refractivity contribution in [2.75, 3.05) is 32.8 Å². The monoisotopic (exact) mass is 368 g/mol. The Balaban J connectivity index is 0. The van der Waals surface area contributed by atoms with Crippen LogP contribution in [0.5, 0.6) is 0 Å². The molecule has 0 saturated heterocycles. The van der Waals surface area contributed by atoms with Crippen molar-refractivity contribution in [2.45, 2.75) is 71.1 Å². The zero-order valence-corrected chi connectivity index (χ0v) is 15.3. The SMILES string of the molecule is CCCCCCCCCCCC(=O)N(CCO)CCNCC(=O)O.[NaH]. The van der Waals surface area contributed by atoms with Gasteiger partial charge in [0.25, 0.3) is 0 Å². The molecule has 0 aliphatic rings. The van der Waals surface area contributed by atoms with E-state index in [4.69, 9.17) is 10.2 Å². The number of carbonyl (C=O) groups excluding carboxylic acids is 1. The van der Waals surface area contributed by atoms with E-state index < -0.39 is 5.97 Å². The molecule has 0 radical (unpaired) electrons. The minimum absolute atomic E-state index is 0. The summed E-state index contributed by atoms with van der Waals surface area (Å²) in [5.74, 6) is -0.867. The average molecular weight is 368 g/mol. The van der Waals surface area contributed by atoms with Gasteiger partial charge in [0.2, 0.25) is 5.91 Å². The van der Waals surface area contributed by atoms with E-state index in [0.717, 1.165) is 12.8 Å². The first-order valence-electron chi connectivity index (χ1n) is 9.43. The van der Waals surface area contributed by atoms with E-state index in [1.807, 2.05) is 0 Å². The Bertz CT molecular complexity index is 330. The second-order valence-corrected chi connectivity index (χ2v) is 6.25. The van der Waals surface area contributed by atoms with Crippen LogP contribution in [0.1, 0.15) is 71.1 Å². The number of carboxylic acid groups (broad SMARTS) is 1. The van der Waals surface area contributed by atoms with Crippen LogP contribution >= 0.6 is 0 Å². The summed E-state index contributed by atoms with van der Waals surface area (Å²) in [6.45, 7) is 3.21. The molecule has 144 valence electrons. The molecule has 0 spiro atoms. The van der Waals surface area contributed by atoms with Crippen molar-refractivity contribution in [3.63, 3.8) is 0 Å².